The topological polar surface area (TPSA) is 38.0 Å². The molecule has 3 N–H and O–H groups in total. The zero-order valence-electron chi connectivity index (χ0n) is 10.2. The quantitative estimate of drug-likeness (QED) is 0.600. The van der Waals surface area contributed by atoms with Crippen LogP contribution >= 0.6 is 0 Å². The predicted molar refractivity (Wildman–Crippen MR) is 64.4 cm³/mol. The van der Waals surface area contributed by atoms with Crippen molar-refractivity contribution in [2.24, 2.45) is 11.7 Å². The highest BCUT2D eigenvalue weighted by molar-refractivity contribution is 4.69. The molecule has 1 atom stereocenters. The van der Waals surface area contributed by atoms with E-state index in [1.165, 1.54) is 32.1 Å². The summed E-state index contributed by atoms with van der Waals surface area (Å²) < 4.78 is 0. The lowest BCUT2D eigenvalue weighted by molar-refractivity contribution is 0.392. The maximum Gasteiger partial charge on any atom is 0.0190 e. The van der Waals surface area contributed by atoms with Crippen molar-refractivity contribution in [2.75, 3.05) is 13.1 Å². The van der Waals surface area contributed by atoms with Crippen molar-refractivity contribution in [2.45, 2.75) is 58.9 Å². The van der Waals surface area contributed by atoms with Gasteiger partial charge in [0.15, 0.2) is 0 Å². The van der Waals surface area contributed by atoms with Gasteiger partial charge in [0.25, 0.3) is 0 Å². The van der Waals surface area contributed by atoms with Gasteiger partial charge in [0.2, 0.25) is 0 Å². The van der Waals surface area contributed by atoms with Gasteiger partial charge in [-0.15, -0.1) is 0 Å². The molecule has 2 nitrogen and oxygen atoms in total. The van der Waals surface area contributed by atoms with E-state index in [-0.39, 0.29) is 0 Å². The lowest BCUT2D eigenvalue weighted by atomic mass is 10.0. The smallest absolute Gasteiger partial charge is 0.0190 e. The summed E-state index contributed by atoms with van der Waals surface area (Å²) in [5.74, 6) is 0.825. The molecule has 1 unspecified atom stereocenters. The Labute approximate surface area is 89.6 Å². The summed E-state index contributed by atoms with van der Waals surface area (Å²) in [6.45, 7) is 8.67. The van der Waals surface area contributed by atoms with Gasteiger partial charge in [-0.25, -0.2) is 0 Å². The fourth-order valence-corrected chi connectivity index (χ4v) is 1.66. The molecule has 0 aliphatic carbocycles. The second-order valence-electron chi connectivity index (χ2n) is 4.17. The third-order valence-electron chi connectivity index (χ3n) is 3.04. The fraction of sp³-hybridized carbons (Fsp3) is 1.00. The Balaban J connectivity index is 3.59. The van der Waals surface area contributed by atoms with Gasteiger partial charge in [-0.1, -0.05) is 46.5 Å². The van der Waals surface area contributed by atoms with Crippen molar-refractivity contribution >= 4 is 0 Å². The molecule has 0 saturated carbocycles. The first-order valence-electron chi connectivity index (χ1n) is 6.21. The van der Waals surface area contributed by atoms with Gasteiger partial charge in [0.1, 0.15) is 0 Å². The Kier molecular flexibility index (Phi) is 9.42. The molecule has 0 aliphatic rings. The first-order chi connectivity index (χ1) is 6.78. The molecule has 0 aliphatic heterocycles. The second-order valence-corrected chi connectivity index (χ2v) is 4.17. The molecule has 0 saturated heterocycles. The summed E-state index contributed by atoms with van der Waals surface area (Å²) >= 11 is 0. The van der Waals surface area contributed by atoms with Gasteiger partial charge in [0, 0.05) is 12.6 Å². The summed E-state index contributed by atoms with van der Waals surface area (Å²) in [7, 11) is 0. The largest absolute Gasteiger partial charge is 0.329 e. The minimum absolute atomic E-state index is 0.538. The Morgan fingerprint density at radius 1 is 1.14 bits per heavy atom. The molecule has 0 aromatic carbocycles. The Morgan fingerprint density at radius 3 is 2.21 bits per heavy atom. The van der Waals surface area contributed by atoms with Gasteiger partial charge in [-0.3, -0.25) is 0 Å². The van der Waals surface area contributed by atoms with Gasteiger partial charge >= 0.3 is 0 Å². The lowest BCUT2D eigenvalue weighted by Crippen LogP contribution is -2.38. The normalized spacial score (nSPS) is 13.5. The summed E-state index contributed by atoms with van der Waals surface area (Å²) in [4.78, 5) is 0. The summed E-state index contributed by atoms with van der Waals surface area (Å²) in [6, 6.07) is 0.538. The van der Waals surface area contributed by atoms with E-state index < -0.39 is 0 Å². The molecule has 14 heavy (non-hydrogen) atoms. The molecule has 0 aromatic rings. The molecular formula is C12H28N2. The van der Waals surface area contributed by atoms with Gasteiger partial charge in [0.05, 0.1) is 0 Å². The summed E-state index contributed by atoms with van der Waals surface area (Å²) in [5.41, 5.74) is 5.72. The van der Waals surface area contributed by atoms with Gasteiger partial charge < -0.3 is 11.1 Å². The minimum atomic E-state index is 0.538. The van der Waals surface area contributed by atoms with Crippen molar-refractivity contribution in [1.29, 1.82) is 0 Å². The monoisotopic (exact) mass is 200 g/mol. The maximum atomic E-state index is 5.72. The average Bonchev–Trinajstić information content (AvgIpc) is 2.23. The van der Waals surface area contributed by atoms with Crippen LogP contribution in [-0.4, -0.2) is 19.1 Å². The molecule has 0 heterocycles. The molecule has 0 amide bonds. The summed E-state index contributed by atoms with van der Waals surface area (Å²) in [5, 5.41) is 3.58. The van der Waals surface area contributed by atoms with E-state index >= 15 is 0 Å². The number of unbranched alkanes of at least 4 members (excludes halogenated alkanes) is 1. The molecule has 2 heteroatoms. The van der Waals surface area contributed by atoms with E-state index in [1.54, 1.807) is 0 Å². The van der Waals surface area contributed by atoms with Crippen LogP contribution in [0.15, 0.2) is 0 Å². The van der Waals surface area contributed by atoms with Crippen LogP contribution in [0.1, 0.15) is 52.9 Å². The van der Waals surface area contributed by atoms with E-state index in [2.05, 4.69) is 26.1 Å². The number of nitrogens with two attached hydrogens (primary N) is 1. The van der Waals surface area contributed by atoms with Gasteiger partial charge in [-0.05, 0) is 18.9 Å². The Hall–Kier alpha value is -0.0800. The third-order valence-corrected chi connectivity index (χ3v) is 3.04. The van der Waals surface area contributed by atoms with Crippen LogP contribution in [0.3, 0.4) is 0 Å². The van der Waals surface area contributed by atoms with Crippen LogP contribution in [0.25, 0.3) is 0 Å². The minimum Gasteiger partial charge on any atom is -0.329 e. The molecule has 0 rings (SSSR count). The van der Waals surface area contributed by atoms with Crippen LogP contribution in [0, 0.1) is 5.92 Å². The molecule has 0 radical (unpaired) electrons. The van der Waals surface area contributed by atoms with Crippen LogP contribution in [-0.2, 0) is 0 Å². The highest BCUT2D eigenvalue weighted by Crippen LogP contribution is 2.07. The molecule has 0 aromatic heterocycles. The van der Waals surface area contributed by atoms with Crippen LogP contribution in [0.5, 0.6) is 0 Å². The molecule has 0 bridgehead atoms. The summed E-state index contributed by atoms with van der Waals surface area (Å²) in [6.07, 6.45) is 6.33. The highest BCUT2D eigenvalue weighted by atomic mass is 14.9. The Morgan fingerprint density at radius 2 is 1.79 bits per heavy atom. The lowest BCUT2D eigenvalue weighted by Gasteiger charge is -2.20. The third kappa shape index (κ3) is 6.39. The zero-order chi connectivity index (χ0) is 10.8. The van der Waals surface area contributed by atoms with Crippen LogP contribution in [0.4, 0.5) is 0 Å². The molecule has 86 valence electrons. The number of hydrogen-bond acceptors (Lipinski definition) is 2. The van der Waals surface area contributed by atoms with Crippen molar-refractivity contribution in [3.05, 3.63) is 0 Å². The van der Waals surface area contributed by atoms with E-state index in [4.69, 9.17) is 5.73 Å². The average molecular weight is 200 g/mol. The van der Waals surface area contributed by atoms with Gasteiger partial charge in [-0.2, -0.15) is 0 Å². The Bertz CT molecular complexity index is 111. The first-order valence-corrected chi connectivity index (χ1v) is 6.21. The molecule has 0 fully saturated rings. The SMILES string of the molecule is CCCCC(CN)NCC(CC)CC. The number of rotatable bonds is 9. The standard InChI is InChI=1S/C12H28N2/c1-4-7-8-12(9-13)14-10-11(5-2)6-3/h11-12,14H,4-10,13H2,1-3H3. The van der Waals surface area contributed by atoms with E-state index in [0.717, 1.165) is 19.0 Å². The zero-order valence-corrected chi connectivity index (χ0v) is 10.2. The maximum absolute atomic E-state index is 5.72. The number of hydrogen-bond donors (Lipinski definition) is 2. The number of nitrogens with one attached hydrogen (secondary N) is 1. The molecule has 0 spiro atoms. The highest BCUT2D eigenvalue weighted by Gasteiger charge is 2.08. The van der Waals surface area contributed by atoms with Crippen molar-refractivity contribution in [3.63, 3.8) is 0 Å². The molecular weight excluding hydrogens is 172 g/mol. The first kappa shape index (κ1) is 13.9. The van der Waals surface area contributed by atoms with E-state index in [0.29, 0.717) is 6.04 Å². The van der Waals surface area contributed by atoms with Crippen LogP contribution < -0.4 is 11.1 Å². The van der Waals surface area contributed by atoms with E-state index in [1.807, 2.05) is 0 Å². The van der Waals surface area contributed by atoms with E-state index in [9.17, 15) is 0 Å². The second kappa shape index (κ2) is 9.47. The van der Waals surface area contributed by atoms with Crippen LogP contribution in [0.2, 0.25) is 0 Å². The van der Waals surface area contributed by atoms with Crippen molar-refractivity contribution in [1.82, 2.24) is 5.32 Å². The van der Waals surface area contributed by atoms with Crippen molar-refractivity contribution < 1.29 is 0 Å². The fourth-order valence-electron chi connectivity index (χ4n) is 1.66. The predicted octanol–water partition coefficient (Wildman–Crippen LogP) is 2.53. The van der Waals surface area contributed by atoms with Crippen molar-refractivity contribution in [3.8, 4) is 0 Å².